The number of fused-ring (bicyclic) bond motifs is 1. The molecule has 2 rings (SSSR count). The quantitative estimate of drug-likeness (QED) is 0.687. The Bertz CT molecular complexity index is 440. The number of aromatic nitrogens is 3. The van der Waals surface area contributed by atoms with Gasteiger partial charge >= 0.3 is 0 Å². The lowest BCUT2D eigenvalue weighted by Crippen LogP contribution is -1.90. The third kappa shape index (κ3) is 1.11. The van der Waals surface area contributed by atoms with Gasteiger partial charge < -0.3 is 0 Å². The van der Waals surface area contributed by atoms with Crippen molar-refractivity contribution >= 4 is 44.8 Å². The lowest BCUT2D eigenvalue weighted by molar-refractivity contribution is 0.957. The molecule has 0 aliphatic heterocycles. The fourth-order valence-corrected chi connectivity index (χ4v) is 1.83. The molecule has 2 heterocycles. The first-order chi connectivity index (χ1) is 5.70. The molecule has 2 aromatic rings. The Kier molecular flexibility index (Phi) is 1.98. The summed E-state index contributed by atoms with van der Waals surface area (Å²) in [4.78, 5) is 3.93. The summed E-state index contributed by atoms with van der Waals surface area (Å²) in [6, 6.07) is 1.69. The molecule has 0 spiro atoms. The van der Waals surface area contributed by atoms with E-state index in [4.69, 9.17) is 23.2 Å². The molecule has 3 nitrogen and oxygen atoms in total. The van der Waals surface area contributed by atoms with Gasteiger partial charge in [-0.3, -0.25) is 0 Å². The highest BCUT2D eigenvalue weighted by molar-refractivity contribution is 9.10. The summed E-state index contributed by atoms with van der Waals surface area (Å²) in [7, 11) is 0. The van der Waals surface area contributed by atoms with Gasteiger partial charge in [0, 0.05) is 0 Å². The van der Waals surface area contributed by atoms with E-state index in [1.807, 2.05) is 0 Å². The molecule has 0 bridgehead atoms. The second-order valence-electron chi connectivity index (χ2n) is 2.13. The predicted octanol–water partition coefficient (Wildman–Crippen LogP) is 2.80. The SMILES string of the molecule is Clc1cc(Br)c(Cl)n2ncnc12. The van der Waals surface area contributed by atoms with Crippen molar-refractivity contribution in [1.82, 2.24) is 14.6 Å². The molecule has 12 heavy (non-hydrogen) atoms. The van der Waals surface area contributed by atoms with Gasteiger partial charge in [-0.05, 0) is 22.0 Å². The minimum absolute atomic E-state index is 0.465. The minimum atomic E-state index is 0.465. The van der Waals surface area contributed by atoms with E-state index in [0.717, 1.165) is 0 Å². The molecule has 0 unspecified atom stereocenters. The third-order valence-corrected chi connectivity index (χ3v) is 2.87. The van der Waals surface area contributed by atoms with Crippen molar-refractivity contribution in [2.24, 2.45) is 0 Å². The summed E-state index contributed by atoms with van der Waals surface area (Å²) < 4.78 is 2.17. The van der Waals surface area contributed by atoms with Gasteiger partial charge in [0.05, 0.1) is 9.50 Å². The smallest absolute Gasteiger partial charge is 0.175 e. The highest BCUT2D eigenvalue weighted by atomic mass is 79.9. The van der Waals surface area contributed by atoms with Crippen molar-refractivity contribution < 1.29 is 0 Å². The monoisotopic (exact) mass is 265 g/mol. The van der Waals surface area contributed by atoms with Crippen LogP contribution in [0.15, 0.2) is 16.9 Å². The third-order valence-electron chi connectivity index (χ3n) is 1.40. The standard InChI is InChI=1S/C6H2BrCl2N3/c7-3-1-4(8)6-10-2-11-12(6)5(3)9/h1-2H. The highest BCUT2D eigenvalue weighted by Crippen LogP contribution is 2.27. The van der Waals surface area contributed by atoms with Crippen LogP contribution >= 0.6 is 39.1 Å². The Balaban J connectivity index is 2.97. The number of hydrogen-bond acceptors (Lipinski definition) is 2. The summed E-state index contributed by atoms with van der Waals surface area (Å²) in [5, 5.41) is 4.88. The van der Waals surface area contributed by atoms with Crippen molar-refractivity contribution in [3.63, 3.8) is 0 Å². The molecule has 0 atom stereocenters. The Hall–Kier alpha value is -0.320. The molecule has 0 radical (unpaired) electrons. The molecular formula is C6H2BrCl2N3. The molecule has 0 N–H and O–H groups in total. The summed E-state index contributed by atoms with van der Waals surface area (Å²) in [5.41, 5.74) is 0.560. The van der Waals surface area contributed by atoms with Gasteiger partial charge in [0.15, 0.2) is 5.65 Å². The molecule has 0 saturated carbocycles. The number of rotatable bonds is 0. The van der Waals surface area contributed by atoms with Crippen molar-refractivity contribution in [3.8, 4) is 0 Å². The minimum Gasteiger partial charge on any atom is -0.214 e. The van der Waals surface area contributed by atoms with Gasteiger partial charge in [0.25, 0.3) is 0 Å². The van der Waals surface area contributed by atoms with Crippen molar-refractivity contribution in [1.29, 1.82) is 0 Å². The first-order valence-corrected chi connectivity index (χ1v) is 4.58. The number of pyridine rings is 1. The Morgan fingerprint density at radius 2 is 2.17 bits per heavy atom. The first kappa shape index (κ1) is 8.29. The Morgan fingerprint density at radius 3 is 2.92 bits per heavy atom. The Labute approximate surface area is 86.4 Å². The molecule has 0 saturated heterocycles. The van der Waals surface area contributed by atoms with Crippen LogP contribution in [0.5, 0.6) is 0 Å². The number of nitrogens with zero attached hydrogens (tertiary/aromatic N) is 3. The van der Waals surface area contributed by atoms with E-state index in [2.05, 4.69) is 26.0 Å². The molecule has 0 aliphatic rings. The normalized spacial score (nSPS) is 10.9. The van der Waals surface area contributed by atoms with Crippen LogP contribution in [0.3, 0.4) is 0 Å². The molecule has 62 valence electrons. The van der Waals surface area contributed by atoms with Crippen LogP contribution < -0.4 is 0 Å². The largest absolute Gasteiger partial charge is 0.214 e. The van der Waals surface area contributed by atoms with Gasteiger partial charge in [-0.25, -0.2) is 4.98 Å². The highest BCUT2D eigenvalue weighted by Gasteiger charge is 2.08. The molecule has 2 aromatic heterocycles. The summed E-state index contributed by atoms with van der Waals surface area (Å²) in [6.45, 7) is 0. The lowest BCUT2D eigenvalue weighted by Gasteiger charge is -1.99. The summed E-state index contributed by atoms with van der Waals surface area (Å²) in [6.07, 6.45) is 1.40. The van der Waals surface area contributed by atoms with Crippen molar-refractivity contribution in [2.75, 3.05) is 0 Å². The van der Waals surface area contributed by atoms with Crippen LogP contribution in [0.2, 0.25) is 10.2 Å². The zero-order valence-electron chi connectivity index (χ0n) is 5.63. The van der Waals surface area contributed by atoms with Gasteiger partial charge in [-0.15, -0.1) is 0 Å². The molecular weight excluding hydrogens is 265 g/mol. The van der Waals surface area contributed by atoms with Gasteiger partial charge in [0.2, 0.25) is 0 Å². The van der Waals surface area contributed by atoms with E-state index in [9.17, 15) is 0 Å². The lowest BCUT2D eigenvalue weighted by atomic mass is 10.5. The maximum atomic E-state index is 5.89. The van der Waals surface area contributed by atoms with Gasteiger partial charge in [-0.1, -0.05) is 23.2 Å². The summed E-state index contributed by atoms with van der Waals surface area (Å²) in [5.74, 6) is 0. The molecule has 0 fully saturated rings. The zero-order chi connectivity index (χ0) is 8.72. The second-order valence-corrected chi connectivity index (χ2v) is 3.75. The van der Waals surface area contributed by atoms with Crippen LogP contribution in [0.1, 0.15) is 0 Å². The van der Waals surface area contributed by atoms with Crippen LogP contribution in [0.25, 0.3) is 5.65 Å². The van der Waals surface area contributed by atoms with Gasteiger partial charge in [-0.2, -0.15) is 9.61 Å². The van der Waals surface area contributed by atoms with E-state index >= 15 is 0 Å². The van der Waals surface area contributed by atoms with Crippen LogP contribution in [-0.2, 0) is 0 Å². The fourth-order valence-electron chi connectivity index (χ4n) is 0.885. The number of hydrogen-bond donors (Lipinski definition) is 0. The molecule has 6 heteroatoms. The van der Waals surface area contributed by atoms with Crippen LogP contribution in [0, 0.1) is 0 Å². The average Bonchev–Trinajstić information content (AvgIpc) is 2.48. The molecule has 0 amide bonds. The second kappa shape index (κ2) is 2.87. The first-order valence-electron chi connectivity index (χ1n) is 3.03. The van der Waals surface area contributed by atoms with E-state index in [0.29, 0.717) is 20.3 Å². The molecule has 0 aromatic carbocycles. The Morgan fingerprint density at radius 1 is 1.42 bits per heavy atom. The van der Waals surface area contributed by atoms with Crippen molar-refractivity contribution in [2.45, 2.75) is 0 Å². The van der Waals surface area contributed by atoms with Crippen LogP contribution in [0.4, 0.5) is 0 Å². The fraction of sp³-hybridized carbons (Fsp3) is 0. The van der Waals surface area contributed by atoms with E-state index in [1.165, 1.54) is 10.8 Å². The maximum Gasteiger partial charge on any atom is 0.175 e. The van der Waals surface area contributed by atoms with E-state index in [-0.39, 0.29) is 0 Å². The van der Waals surface area contributed by atoms with Crippen molar-refractivity contribution in [3.05, 3.63) is 27.0 Å². The maximum absolute atomic E-state index is 5.89. The predicted molar refractivity (Wildman–Crippen MR) is 50.7 cm³/mol. The van der Waals surface area contributed by atoms with Gasteiger partial charge in [0.1, 0.15) is 11.5 Å². The number of halogens is 3. The molecule has 0 aliphatic carbocycles. The average molecular weight is 267 g/mol. The topological polar surface area (TPSA) is 30.2 Å². The summed E-state index contributed by atoms with van der Waals surface area (Å²) >= 11 is 15.0. The zero-order valence-corrected chi connectivity index (χ0v) is 8.73. The van der Waals surface area contributed by atoms with Crippen LogP contribution in [-0.4, -0.2) is 14.6 Å². The van der Waals surface area contributed by atoms with E-state index in [1.54, 1.807) is 6.07 Å². The van der Waals surface area contributed by atoms with E-state index < -0.39 is 0 Å².